The molecular weight excluding hydrogens is 232 g/mol. The second-order valence-electron chi connectivity index (χ2n) is 3.73. The lowest BCUT2D eigenvalue weighted by Crippen LogP contribution is -2.14. The van der Waals surface area contributed by atoms with E-state index in [1.165, 1.54) is 17.3 Å². The number of hydrogen-bond donors (Lipinski definition) is 1. The van der Waals surface area contributed by atoms with Crippen LogP contribution in [0.1, 0.15) is 11.1 Å². The van der Waals surface area contributed by atoms with Gasteiger partial charge in [-0.1, -0.05) is 42.1 Å². The molecule has 0 bridgehead atoms. The molecule has 0 saturated heterocycles. The third-order valence-corrected chi connectivity index (χ3v) is 3.16. The first-order valence-electron chi connectivity index (χ1n) is 5.45. The Hall–Kier alpha value is -1.55. The van der Waals surface area contributed by atoms with Gasteiger partial charge in [-0.3, -0.25) is 4.79 Å². The molecule has 1 aromatic carbocycles. The number of nitrogens with one attached hydrogen (secondary N) is 1. The maximum atomic E-state index is 11.7. The average molecular weight is 246 g/mol. The smallest absolute Gasteiger partial charge is 0.254 e. The zero-order chi connectivity index (χ0) is 12.1. The van der Waals surface area contributed by atoms with Crippen molar-refractivity contribution in [3.8, 4) is 0 Å². The maximum Gasteiger partial charge on any atom is 0.254 e. The predicted octanol–water partition coefficient (Wildman–Crippen LogP) is 2.28. The molecule has 0 aliphatic rings. The Labute approximate surface area is 104 Å². The summed E-state index contributed by atoms with van der Waals surface area (Å²) in [6.45, 7) is 0. The number of H-pyrrole nitrogens is 1. The second kappa shape index (κ2) is 5.68. The van der Waals surface area contributed by atoms with Gasteiger partial charge in [0.1, 0.15) is 0 Å². The molecule has 0 unspecified atom stereocenters. The van der Waals surface area contributed by atoms with Gasteiger partial charge < -0.3 is 4.98 Å². The zero-order valence-electron chi connectivity index (χ0n) is 9.64. The summed E-state index contributed by atoms with van der Waals surface area (Å²) in [6, 6.07) is 10.1. The first kappa shape index (κ1) is 11.9. The van der Waals surface area contributed by atoms with Gasteiger partial charge in [-0.2, -0.15) is 0 Å². The molecule has 3 nitrogen and oxygen atoms in total. The molecule has 0 atom stereocenters. The third-order valence-electron chi connectivity index (χ3n) is 2.57. The highest BCUT2D eigenvalue weighted by molar-refractivity contribution is 7.98. The van der Waals surface area contributed by atoms with E-state index in [4.69, 9.17) is 0 Å². The van der Waals surface area contributed by atoms with Crippen molar-refractivity contribution in [1.82, 2.24) is 9.97 Å². The SMILES string of the molecule is CSc1ncc(CCc2ccccc2)c(=O)[nH]1. The van der Waals surface area contributed by atoms with Crippen LogP contribution in [-0.4, -0.2) is 16.2 Å². The molecule has 1 heterocycles. The first-order chi connectivity index (χ1) is 8.29. The van der Waals surface area contributed by atoms with Gasteiger partial charge in [0.2, 0.25) is 0 Å². The van der Waals surface area contributed by atoms with Gasteiger partial charge in [0.25, 0.3) is 5.56 Å². The first-order valence-corrected chi connectivity index (χ1v) is 6.68. The Bertz CT molecular complexity index is 537. The van der Waals surface area contributed by atoms with Crippen LogP contribution >= 0.6 is 11.8 Å². The normalized spacial score (nSPS) is 10.4. The van der Waals surface area contributed by atoms with Crippen LogP contribution in [0, 0.1) is 0 Å². The van der Waals surface area contributed by atoms with Crippen molar-refractivity contribution in [2.24, 2.45) is 0 Å². The highest BCUT2D eigenvalue weighted by Gasteiger charge is 2.02. The van der Waals surface area contributed by atoms with Crippen LogP contribution in [0.25, 0.3) is 0 Å². The predicted molar refractivity (Wildman–Crippen MR) is 70.5 cm³/mol. The van der Waals surface area contributed by atoms with E-state index in [0.717, 1.165) is 18.4 Å². The van der Waals surface area contributed by atoms with Gasteiger partial charge in [-0.05, 0) is 24.7 Å². The highest BCUT2D eigenvalue weighted by atomic mass is 32.2. The Morgan fingerprint density at radius 1 is 1.24 bits per heavy atom. The van der Waals surface area contributed by atoms with Crippen LogP contribution in [0.5, 0.6) is 0 Å². The summed E-state index contributed by atoms with van der Waals surface area (Å²) >= 11 is 1.44. The molecule has 2 rings (SSSR count). The highest BCUT2D eigenvalue weighted by Crippen LogP contribution is 2.06. The van der Waals surface area contributed by atoms with Crippen molar-refractivity contribution < 1.29 is 0 Å². The number of aromatic amines is 1. The fourth-order valence-electron chi connectivity index (χ4n) is 1.61. The number of nitrogens with zero attached hydrogens (tertiary/aromatic N) is 1. The minimum absolute atomic E-state index is 0.0275. The molecule has 4 heteroatoms. The molecule has 0 aliphatic heterocycles. The molecule has 17 heavy (non-hydrogen) atoms. The van der Waals surface area contributed by atoms with Crippen molar-refractivity contribution in [2.45, 2.75) is 18.0 Å². The monoisotopic (exact) mass is 246 g/mol. The Morgan fingerprint density at radius 2 is 2.00 bits per heavy atom. The van der Waals surface area contributed by atoms with E-state index in [1.54, 1.807) is 6.20 Å². The number of hydrogen-bond acceptors (Lipinski definition) is 3. The summed E-state index contributed by atoms with van der Waals surface area (Å²) in [5.74, 6) is 0. The van der Waals surface area contributed by atoms with Gasteiger partial charge in [-0.25, -0.2) is 4.98 Å². The van der Waals surface area contributed by atoms with E-state index in [2.05, 4.69) is 22.1 Å². The van der Waals surface area contributed by atoms with Crippen LogP contribution in [0.15, 0.2) is 46.5 Å². The number of aromatic nitrogens is 2. The number of thioether (sulfide) groups is 1. The molecule has 1 N–H and O–H groups in total. The van der Waals surface area contributed by atoms with E-state index in [1.807, 2.05) is 24.5 Å². The molecule has 2 aromatic rings. The van der Waals surface area contributed by atoms with Crippen molar-refractivity contribution in [1.29, 1.82) is 0 Å². The van der Waals surface area contributed by atoms with Crippen LogP contribution in [0.3, 0.4) is 0 Å². The van der Waals surface area contributed by atoms with Gasteiger partial charge >= 0.3 is 0 Å². The van der Waals surface area contributed by atoms with Crippen molar-refractivity contribution in [3.05, 3.63) is 58.0 Å². The Morgan fingerprint density at radius 3 is 2.65 bits per heavy atom. The number of aryl methyl sites for hydroxylation is 2. The molecular formula is C13H14N2OS. The van der Waals surface area contributed by atoms with Crippen LogP contribution in [0.2, 0.25) is 0 Å². The van der Waals surface area contributed by atoms with Crippen LogP contribution in [-0.2, 0) is 12.8 Å². The van der Waals surface area contributed by atoms with Gasteiger partial charge in [-0.15, -0.1) is 0 Å². The summed E-state index contributed by atoms with van der Waals surface area (Å²) in [6.07, 6.45) is 5.15. The number of benzene rings is 1. The third kappa shape index (κ3) is 3.20. The fourth-order valence-corrected chi connectivity index (χ4v) is 1.96. The Kier molecular flexibility index (Phi) is 3.98. The summed E-state index contributed by atoms with van der Waals surface area (Å²) in [7, 11) is 0. The molecule has 0 amide bonds. The second-order valence-corrected chi connectivity index (χ2v) is 4.53. The van der Waals surface area contributed by atoms with Crippen molar-refractivity contribution >= 4 is 11.8 Å². The summed E-state index contributed by atoms with van der Waals surface area (Å²) < 4.78 is 0. The molecule has 1 aromatic heterocycles. The molecule has 0 radical (unpaired) electrons. The quantitative estimate of drug-likeness (QED) is 0.665. The summed E-state index contributed by atoms with van der Waals surface area (Å²) in [5, 5.41) is 0.665. The minimum atomic E-state index is -0.0275. The molecule has 88 valence electrons. The molecule has 0 saturated carbocycles. The summed E-state index contributed by atoms with van der Waals surface area (Å²) in [4.78, 5) is 18.6. The van der Waals surface area contributed by atoms with E-state index in [0.29, 0.717) is 5.16 Å². The largest absolute Gasteiger partial charge is 0.301 e. The van der Waals surface area contributed by atoms with Crippen LogP contribution < -0.4 is 5.56 Å². The van der Waals surface area contributed by atoms with Crippen molar-refractivity contribution in [3.63, 3.8) is 0 Å². The topological polar surface area (TPSA) is 45.8 Å². The lowest BCUT2D eigenvalue weighted by Gasteiger charge is -2.02. The molecule has 0 spiro atoms. The van der Waals surface area contributed by atoms with E-state index >= 15 is 0 Å². The van der Waals surface area contributed by atoms with E-state index in [-0.39, 0.29) is 5.56 Å². The number of rotatable bonds is 4. The van der Waals surface area contributed by atoms with Crippen molar-refractivity contribution in [2.75, 3.05) is 6.26 Å². The van der Waals surface area contributed by atoms with Gasteiger partial charge in [0.05, 0.1) is 0 Å². The lowest BCUT2D eigenvalue weighted by molar-refractivity contribution is 0.859. The zero-order valence-corrected chi connectivity index (χ0v) is 10.5. The minimum Gasteiger partial charge on any atom is -0.301 e. The summed E-state index contributed by atoms with van der Waals surface area (Å²) in [5.41, 5.74) is 1.95. The molecule has 0 fully saturated rings. The molecule has 0 aliphatic carbocycles. The Balaban J connectivity index is 2.07. The van der Waals surface area contributed by atoms with Gasteiger partial charge in [0, 0.05) is 11.8 Å². The average Bonchev–Trinajstić information content (AvgIpc) is 2.38. The van der Waals surface area contributed by atoms with E-state index < -0.39 is 0 Å². The van der Waals surface area contributed by atoms with Crippen LogP contribution in [0.4, 0.5) is 0 Å². The maximum absolute atomic E-state index is 11.7. The van der Waals surface area contributed by atoms with E-state index in [9.17, 15) is 4.79 Å². The lowest BCUT2D eigenvalue weighted by atomic mass is 10.1. The fraction of sp³-hybridized carbons (Fsp3) is 0.231. The van der Waals surface area contributed by atoms with Gasteiger partial charge in [0.15, 0.2) is 5.16 Å². The standard InChI is InChI=1S/C13H14N2OS/c1-17-13-14-9-11(12(16)15-13)8-7-10-5-3-2-4-6-10/h2-6,9H,7-8H2,1H3,(H,14,15,16).